The lowest BCUT2D eigenvalue weighted by molar-refractivity contribution is 0.0446. The van der Waals surface area contributed by atoms with Gasteiger partial charge >= 0.3 is 0 Å². The van der Waals surface area contributed by atoms with E-state index >= 15 is 0 Å². The first-order valence-electron chi connectivity index (χ1n) is 10.0. The Hall–Kier alpha value is -1.65. The summed E-state index contributed by atoms with van der Waals surface area (Å²) in [6.45, 7) is 11.5. The van der Waals surface area contributed by atoms with Crippen LogP contribution < -0.4 is 4.90 Å². The van der Waals surface area contributed by atoms with Crippen LogP contribution in [0.2, 0.25) is 0 Å². The second-order valence-corrected chi connectivity index (χ2v) is 7.40. The number of ether oxygens (including phenoxy) is 1. The predicted octanol–water partition coefficient (Wildman–Crippen LogP) is 3.92. The molecular formula is C22H32N2O2. The van der Waals surface area contributed by atoms with E-state index in [2.05, 4.69) is 35.4 Å². The summed E-state index contributed by atoms with van der Waals surface area (Å²) in [7, 11) is 0. The van der Waals surface area contributed by atoms with E-state index in [1.54, 1.807) is 0 Å². The molecule has 0 amide bonds. The fourth-order valence-corrected chi connectivity index (χ4v) is 4.37. The molecule has 0 bridgehead atoms. The summed E-state index contributed by atoms with van der Waals surface area (Å²) in [6.07, 6.45) is 7.09. The molecule has 26 heavy (non-hydrogen) atoms. The average molecular weight is 357 g/mol. The summed E-state index contributed by atoms with van der Waals surface area (Å²) < 4.78 is 5.43. The van der Waals surface area contributed by atoms with Gasteiger partial charge in [-0.25, -0.2) is 0 Å². The average Bonchev–Trinajstić information content (AvgIpc) is 2.73. The number of morpholine rings is 1. The molecule has 2 fully saturated rings. The van der Waals surface area contributed by atoms with Crippen LogP contribution in [0.15, 0.2) is 36.9 Å². The largest absolute Gasteiger partial charge is 0.378 e. The van der Waals surface area contributed by atoms with Gasteiger partial charge < -0.3 is 9.64 Å². The summed E-state index contributed by atoms with van der Waals surface area (Å²) in [6, 6.07) is 8.18. The summed E-state index contributed by atoms with van der Waals surface area (Å²) in [5.41, 5.74) is 1.55. The van der Waals surface area contributed by atoms with Crippen molar-refractivity contribution in [3.05, 3.63) is 42.5 Å². The summed E-state index contributed by atoms with van der Waals surface area (Å²) in [5.74, 6) is 0.246. The number of nitrogens with zero attached hydrogens (tertiary/aromatic N) is 2. The molecule has 2 heterocycles. The van der Waals surface area contributed by atoms with Crippen LogP contribution in [0, 0.1) is 0 Å². The Morgan fingerprint density at radius 3 is 2.35 bits per heavy atom. The number of piperidine rings is 1. The Kier molecular flexibility index (Phi) is 6.49. The molecule has 2 saturated heterocycles. The zero-order chi connectivity index (χ0) is 18.4. The van der Waals surface area contributed by atoms with Crippen molar-refractivity contribution in [2.75, 3.05) is 44.3 Å². The summed E-state index contributed by atoms with van der Waals surface area (Å²) >= 11 is 0. The van der Waals surface area contributed by atoms with Crippen molar-refractivity contribution in [3.63, 3.8) is 0 Å². The van der Waals surface area contributed by atoms with Crippen LogP contribution in [-0.2, 0) is 4.74 Å². The van der Waals surface area contributed by atoms with E-state index in [9.17, 15) is 4.79 Å². The quantitative estimate of drug-likeness (QED) is 0.548. The third-order valence-electron chi connectivity index (χ3n) is 5.96. The molecule has 0 aliphatic carbocycles. The van der Waals surface area contributed by atoms with Crippen LogP contribution in [0.3, 0.4) is 0 Å². The lowest BCUT2D eigenvalue weighted by Gasteiger charge is -2.44. The topological polar surface area (TPSA) is 32.8 Å². The number of rotatable bonds is 7. The molecule has 1 unspecified atom stereocenters. The van der Waals surface area contributed by atoms with Crippen molar-refractivity contribution in [2.45, 2.75) is 44.6 Å². The zero-order valence-electron chi connectivity index (χ0n) is 16.1. The van der Waals surface area contributed by atoms with Gasteiger partial charge in [-0.1, -0.05) is 19.4 Å². The first-order valence-corrected chi connectivity index (χ1v) is 10.0. The Bertz CT molecular complexity index is 601. The summed E-state index contributed by atoms with van der Waals surface area (Å²) in [5, 5.41) is 0. The molecule has 0 radical (unpaired) electrons. The Balaban J connectivity index is 1.82. The van der Waals surface area contributed by atoms with Crippen LogP contribution in [0.1, 0.15) is 49.4 Å². The number of benzene rings is 1. The number of Topliss-reactive ketones (excluding diaryl/α,β-unsaturated/α-hetero) is 1. The van der Waals surface area contributed by atoms with E-state index < -0.39 is 5.54 Å². The number of anilines is 1. The normalized spacial score (nSPS) is 21.2. The van der Waals surface area contributed by atoms with E-state index in [0.717, 1.165) is 51.4 Å². The van der Waals surface area contributed by atoms with Crippen molar-refractivity contribution in [3.8, 4) is 0 Å². The monoisotopic (exact) mass is 356 g/mol. The molecular weight excluding hydrogens is 324 g/mol. The fourth-order valence-electron chi connectivity index (χ4n) is 4.37. The van der Waals surface area contributed by atoms with Crippen LogP contribution in [-0.4, -0.2) is 55.6 Å². The number of carbonyl (C=O) groups is 1. The number of ketones is 1. The number of hydrogen-bond acceptors (Lipinski definition) is 4. The molecule has 4 heteroatoms. The smallest absolute Gasteiger partial charge is 0.183 e. The maximum Gasteiger partial charge on any atom is 0.183 e. The number of likely N-dealkylation sites (tertiary alicyclic amines) is 1. The lowest BCUT2D eigenvalue weighted by Crippen LogP contribution is -2.55. The van der Waals surface area contributed by atoms with Crippen LogP contribution in [0.25, 0.3) is 0 Å². The zero-order valence-corrected chi connectivity index (χ0v) is 16.1. The van der Waals surface area contributed by atoms with E-state index in [1.807, 2.05) is 18.2 Å². The molecule has 1 aromatic rings. The molecule has 2 aliphatic heterocycles. The highest BCUT2D eigenvalue weighted by molar-refractivity contribution is 6.03. The standard InChI is InChI=1S/C22H32N2O2/c1-3-12-22(4-2,24-13-6-5-7-14-24)21(25)19-8-10-20(11-9-19)23-15-17-26-18-16-23/h3,8-11H,1,4-7,12-18H2,2H3. The first kappa shape index (κ1) is 19.1. The van der Waals surface area contributed by atoms with Gasteiger partial charge in [0.2, 0.25) is 0 Å². The maximum atomic E-state index is 13.6. The van der Waals surface area contributed by atoms with Crippen molar-refractivity contribution < 1.29 is 9.53 Å². The number of hydrogen-bond donors (Lipinski definition) is 0. The van der Waals surface area contributed by atoms with Gasteiger partial charge in [-0.2, -0.15) is 0 Å². The van der Waals surface area contributed by atoms with Gasteiger partial charge in [0.05, 0.1) is 18.8 Å². The van der Waals surface area contributed by atoms with Gasteiger partial charge in [-0.3, -0.25) is 9.69 Å². The van der Waals surface area contributed by atoms with Crippen molar-refractivity contribution in [1.29, 1.82) is 0 Å². The Labute approximate surface area is 157 Å². The van der Waals surface area contributed by atoms with E-state index in [4.69, 9.17) is 4.74 Å². The highest BCUT2D eigenvalue weighted by Gasteiger charge is 2.41. The minimum absolute atomic E-state index is 0.246. The van der Waals surface area contributed by atoms with Gasteiger partial charge in [0.1, 0.15) is 0 Å². The third-order valence-corrected chi connectivity index (χ3v) is 5.96. The molecule has 4 nitrogen and oxygen atoms in total. The fraction of sp³-hybridized carbons (Fsp3) is 0.591. The van der Waals surface area contributed by atoms with E-state index in [1.165, 1.54) is 24.9 Å². The lowest BCUT2D eigenvalue weighted by atomic mass is 9.80. The highest BCUT2D eigenvalue weighted by Crippen LogP contribution is 2.32. The third kappa shape index (κ3) is 3.86. The highest BCUT2D eigenvalue weighted by atomic mass is 16.5. The molecule has 0 spiro atoms. The molecule has 3 rings (SSSR count). The molecule has 142 valence electrons. The minimum atomic E-state index is -0.442. The molecule has 1 atom stereocenters. The SMILES string of the molecule is C=CCC(CC)(C(=O)c1ccc(N2CCOCC2)cc1)N1CCCCC1. The Morgan fingerprint density at radius 1 is 1.12 bits per heavy atom. The van der Waals surface area contributed by atoms with Crippen LogP contribution in [0.5, 0.6) is 0 Å². The second-order valence-electron chi connectivity index (χ2n) is 7.40. The first-order chi connectivity index (χ1) is 12.7. The van der Waals surface area contributed by atoms with Gasteiger partial charge in [-0.15, -0.1) is 6.58 Å². The van der Waals surface area contributed by atoms with Crippen molar-refractivity contribution >= 4 is 11.5 Å². The predicted molar refractivity (Wildman–Crippen MR) is 107 cm³/mol. The van der Waals surface area contributed by atoms with Crippen LogP contribution in [0.4, 0.5) is 5.69 Å². The minimum Gasteiger partial charge on any atom is -0.378 e. The van der Waals surface area contributed by atoms with E-state index in [0.29, 0.717) is 6.42 Å². The number of carbonyl (C=O) groups excluding carboxylic acids is 1. The van der Waals surface area contributed by atoms with E-state index in [-0.39, 0.29) is 5.78 Å². The Morgan fingerprint density at radius 2 is 1.77 bits per heavy atom. The summed E-state index contributed by atoms with van der Waals surface area (Å²) in [4.78, 5) is 18.3. The molecule has 0 saturated carbocycles. The molecule has 2 aliphatic rings. The van der Waals surface area contributed by atoms with Gasteiger partial charge in [0.15, 0.2) is 5.78 Å². The molecule has 0 aromatic heterocycles. The molecule has 0 N–H and O–H groups in total. The maximum absolute atomic E-state index is 13.6. The second kappa shape index (κ2) is 8.83. The van der Waals surface area contributed by atoms with Crippen molar-refractivity contribution in [2.24, 2.45) is 0 Å². The van der Waals surface area contributed by atoms with Crippen molar-refractivity contribution in [1.82, 2.24) is 4.90 Å². The van der Waals surface area contributed by atoms with Crippen LogP contribution >= 0.6 is 0 Å². The van der Waals surface area contributed by atoms with Gasteiger partial charge in [0, 0.05) is 24.3 Å². The van der Waals surface area contributed by atoms with Gasteiger partial charge in [-0.05, 0) is 63.0 Å². The van der Waals surface area contributed by atoms with Gasteiger partial charge in [0.25, 0.3) is 0 Å². The molecule has 1 aromatic carbocycles.